The van der Waals surface area contributed by atoms with Crippen molar-refractivity contribution in [3.8, 4) is 0 Å². The van der Waals surface area contributed by atoms with Crippen LogP contribution in [0.2, 0.25) is 10.0 Å². The molecule has 1 unspecified atom stereocenters. The molecular weight excluding hydrogens is 623 g/mol. The number of anilines is 3. The van der Waals surface area contributed by atoms with Gasteiger partial charge in [-0.2, -0.15) is 4.98 Å². The number of benzene rings is 3. The number of aromatic nitrogens is 2. The zero-order valence-corrected chi connectivity index (χ0v) is 28.3. The van der Waals surface area contributed by atoms with Gasteiger partial charge < -0.3 is 20.6 Å². The van der Waals surface area contributed by atoms with Crippen LogP contribution < -0.4 is 15.5 Å². The van der Waals surface area contributed by atoms with E-state index in [0.717, 1.165) is 48.3 Å². The number of aryl methyl sites for hydroxylation is 3. The second-order valence-electron chi connectivity index (χ2n) is 11.1. The van der Waals surface area contributed by atoms with Crippen LogP contribution in [0.25, 0.3) is 0 Å². The highest BCUT2D eigenvalue weighted by molar-refractivity contribution is 6.33. The van der Waals surface area contributed by atoms with Gasteiger partial charge in [-0.1, -0.05) is 60.8 Å². The third kappa shape index (κ3) is 8.54. The minimum absolute atomic E-state index is 0.132. The highest BCUT2D eigenvalue weighted by atomic mass is 35.5. The van der Waals surface area contributed by atoms with Crippen LogP contribution in [-0.4, -0.2) is 58.2 Å². The summed E-state index contributed by atoms with van der Waals surface area (Å²) in [5, 5.41) is 17.6. The fourth-order valence-electron chi connectivity index (χ4n) is 5.67. The number of amides is 2. The second-order valence-corrected chi connectivity index (χ2v) is 12.0. The van der Waals surface area contributed by atoms with Crippen LogP contribution in [0.5, 0.6) is 0 Å². The molecule has 2 amide bonds. The lowest BCUT2D eigenvalue weighted by molar-refractivity contribution is 0.0951. The first kappa shape index (κ1) is 34.7. The lowest BCUT2D eigenvalue weighted by atomic mass is 9.89. The Labute approximate surface area is 280 Å². The van der Waals surface area contributed by atoms with Gasteiger partial charge in [0.1, 0.15) is 5.82 Å². The van der Waals surface area contributed by atoms with E-state index in [1.54, 1.807) is 42.5 Å². The third-order valence-corrected chi connectivity index (χ3v) is 8.41. The van der Waals surface area contributed by atoms with Gasteiger partial charge in [-0.05, 0) is 112 Å². The number of nitrogens with one attached hydrogen (secondary N) is 2. The summed E-state index contributed by atoms with van der Waals surface area (Å²) in [7, 11) is 0. The summed E-state index contributed by atoms with van der Waals surface area (Å²) in [5.41, 5.74) is 5.23. The largest absolute Gasteiger partial charge is 0.465 e. The Morgan fingerprint density at radius 2 is 1.67 bits per heavy atom. The Kier molecular flexibility index (Phi) is 12.0. The molecule has 1 atom stereocenters. The van der Waals surface area contributed by atoms with Crippen molar-refractivity contribution < 1.29 is 14.7 Å². The van der Waals surface area contributed by atoms with Gasteiger partial charge in [0.2, 0.25) is 5.95 Å². The van der Waals surface area contributed by atoms with E-state index < -0.39 is 12.1 Å². The topological polar surface area (TPSA) is 111 Å². The minimum atomic E-state index is -1.23. The third-order valence-electron chi connectivity index (χ3n) is 7.83. The highest BCUT2D eigenvalue weighted by Crippen LogP contribution is 2.40. The Morgan fingerprint density at radius 3 is 2.35 bits per heavy atom. The molecule has 0 aliphatic heterocycles. The number of halogens is 2. The van der Waals surface area contributed by atoms with E-state index in [-0.39, 0.29) is 17.7 Å². The number of carbonyl (C=O) groups is 2. The molecule has 3 N–H and O–H groups in total. The maximum atomic E-state index is 13.1. The first-order valence-corrected chi connectivity index (χ1v) is 16.0. The van der Waals surface area contributed by atoms with Crippen LogP contribution in [0.4, 0.5) is 22.2 Å². The van der Waals surface area contributed by atoms with Crippen molar-refractivity contribution in [2.24, 2.45) is 0 Å². The molecule has 0 bridgehead atoms. The van der Waals surface area contributed by atoms with E-state index in [4.69, 9.17) is 23.2 Å². The molecule has 4 aromatic rings. The van der Waals surface area contributed by atoms with Crippen molar-refractivity contribution in [1.29, 1.82) is 0 Å². The molecule has 11 heteroatoms. The van der Waals surface area contributed by atoms with Crippen molar-refractivity contribution in [1.82, 2.24) is 20.2 Å². The van der Waals surface area contributed by atoms with Crippen LogP contribution >= 0.6 is 23.2 Å². The lowest BCUT2D eigenvalue weighted by Gasteiger charge is -2.32. The van der Waals surface area contributed by atoms with E-state index in [9.17, 15) is 14.7 Å². The Bertz CT molecular complexity index is 1670. The molecule has 242 valence electrons. The van der Waals surface area contributed by atoms with Crippen molar-refractivity contribution in [2.45, 2.75) is 47.1 Å². The van der Waals surface area contributed by atoms with E-state index in [0.29, 0.717) is 33.4 Å². The monoisotopic (exact) mass is 662 g/mol. The molecule has 0 fully saturated rings. The molecule has 1 aromatic heterocycles. The summed E-state index contributed by atoms with van der Waals surface area (Å²) in [6.07, 6.45) is 1.11. The summed E-state index contributed by atoms with van der Waals surface area (Å²) >= 11 is 13.1. The second kappa shape index (κ2) is 15.9. The molecule has 0 saturated carbocycles. The summed E-state index contributed by atoms with van der Waals surface area (Å²) in [5.74, 6) is 0.112. The predicted molar refractivity (Wildman–Crippen MR) is 186 cm³/mol. The van der Waals surface area contributed by atoms with Crippen LogP contribution in [-0.2, 0) is 0 Å². The maximum absolute atomic E-state index is 13.1. The fraction of sp³-hybridized carbons (Fsp3) is 0.314. The summed E-state index contributed by atoms with van der Waals surface area (Å²) < 4.78 is 0. The van der Waals surface area contributed by atoms with Crippen molar-refractivity contribution in [3.05, 3.63) is 110 Å². The number of carboxylic acid groups (broad SMARTS) is 1. The maximum Gasteiger partial charge on any atom is 0.413 e. The SMILES string of the molecule is CCN(CC)CCCNC(=O)c1cccc(Nc2nccc(N(C(=O)O)C(c3cc(Cl)ccc3Cl)c3c(C)cc(C)cc3C)n2)c1. The van der Waals surface area contributed by atoms with Gasteiger partial charge in [-0.25, -0.2) is 14.7 Å². The number of nitrogens with zero attached hydrogens (tertiary/aromatic N) is 4. The van der Waals surface area contributed by atoms with Gasteiger partial charge in [0, 0.05) is 34.0 Å². The molecule has 4 rings (SSSR count). The lowest BCUT2D eigenvalue weighted by Crippen LogP contribution is -2.36. The van der Waals surface area contributed by atoms with Crippen LogP contribution in [0.1, 0.15) is 64.5 Å². The summed E-state index contributed by atoms with van der Waals surface area (Å²) in [6.45, 7) is 13.6. The molecule has 1 heterocycles. The van der Waals surface area contributed by atoms with Crippen molar-refractivity contribution >= 4 is 52.7 Å². The molecule has 3 aromatic carbocycles. The zero-order chi connectivity index (χ0) is 33.4. The molecule has 0 spiro atoms. The van der Waals surface area contributed by atoms with Gasteiger partial charge in [0.05, 0.1) is 6.04 Å². The molecule has 0 radical (unpaired) electrons. The van der Waals surface area contributed by atoms with Gasteiger partial charge in [-0.3, -0.25) is 4.79 Å². The predicted octanol–water partition coefficient (Wildman–Crippen LogP) is 8.19. The first-order valence-electron chi connectivity index (χ1n) is 15.3. The average Bonchev–Trinajstić information content (AvgIpc) is 3.01. The average molecular weight is 664 g/mol. The molecule has 0 aliphatic carbocycles. The fourth-order valence-corrected chi connectivity index (χ4v) is 6.07. The van der Waals surface area contributed by atoms with Crippen molar-refractivity contribution in [3.63, 3.8) is 0 Å². The van der Waals surface area contributed by atoms with E-state index >= 15 is 0 Å². The van der Waals surface area contributed by atoms with E-state index in [1.807, 2.05) is 32.9 Å². The Hall–Kier alpha value is -4.18. The minimum Gasteiger partial charge on any atom is -0.465 e. The molecule has 0 saturated heterocycles. The van der Waals surface area contributed by atoms with Crippen molar-refractivity contribution in [2.75, 3.05) is 36.4 Å². The smallest absolute Gasteiger partial charge is 0.413 e. The Balaban J connectivity index is 1.64. The highest BCUT2D eigenvalue weighted by Gasteiger charge is 2.33. The summed E-state index contributed by atoms with van der Waals surface area (Å²) in [6, 6.07) is 16.7. The van der Waals surface area contributed by atoms with Crippen LogP contribution in [0.15, 0.2) is 66.9 Å². The quantitative estimate of drug-likeness (QED) is 0.124. The molecular formula is C35H40Cl2N6O3. The summed E-state index contributed by atoms with van der Waals surface area (Å²) in [4.78, 5) is 38.3. The van der Waals surface area contributed by atoms with Gasteiger partial charge in [0.25, 0.3) is 5.91 Å². The van der Waals surface area contributed by atoms with Gasteiger partial charge in [-0.15, -0.1) is 0 Å². The molecule has 0 aliphatic rings. The van der Waals surface area contributed by atoms with Gasteiger partial charge >= 0.3 is 6.09 Å². The number of rotatable bonds is 13. The van der Waals surface area contributed by atoms with Gasteiger partial charge in [0.15, 0.2) is 0 Å². The number of hydrogen-bond acceptors (Lipinski definition) is 6. The van der Waals surface area contributed by atoms with E-state index in [1.165, 1.54) is 17.2 Å². The number of hydrogen-bond donors (Lipinski definition) is 3. The van der Waals surface area contributed by atoms with Crippen LogP contribution in [0.3, 0.4) is 0 Å². The first-order chi connectivity index (χ1) is 22.0. The molecule has 9 nitrogen and oxygen atoms in total. The van der Waals surface area contributed by atoms with E-state index in [2.05, 4.69) is 39.3 Å². The zero-order valence-electron chi connectivity index (χ0n) is 26.8. The normalized spacial score (nSPS) is 11.7. The standard InChI is InChI=1S/C35H40Cl2N6O3/c1-6-42(7-2)17-9-15-38-33(44)25-10-8-11-27(20-25)40-34-39-16-14-30(41-34)43(35(45)46)32(28-21-26(36)12-13-29(28)37)31-23(4)18-22(3)19-24(31)5/h8,10-14,16,18-21,32H,6-7,9,15,17H2,1-5H3,(H,38,44)(H,45,46)(H,39,40,41). The molecule has 46 heavy (non-hydrogen) atoms. The Morgan fingerprint density at radius 1 is 0.957 bits per heavy atom. The number of carbonyl (C=O) groups excluding carboxylic acids is 1. The van der Waals surface area contributed by atoms with Crippen LogP contribution in [0, 0.1) is 20.8 Å².